The van der Waals surface area contributed by atoms with E-state index in [-0.39, 0.29) is 0 Å². The molecule has 2 heterocycles. The Balaban J connectivity index is 2.28. The van der Waals surface area contributed by atoms with E-state index in [9.17, 15) is 9.90 Å². The summed E-state index contributed by atoms with van der Waals surface area (Å²) >= 11 is 2.84. The second-order valence-corrected chi connectivity index (χ2v) is 5.68. The summed E-state index contributed by atoms with van der Waals surface area (Å²) in [4.78, 5) is 14.1. The minimum Gasteiger partial charge on any atom is -0.479 e. The minimum absolute atomic E-state index is 0.439. The molecule has 0 aliphatic heterocycles. The number of carbonyl (C=O) groups is 1. The molecular weight excluding hydrogens is 268 g/mol. The molecule has 0 aromatic carbocycles. The number of rotatable bonds is 3. The van der Waals surface area contributed by atoms with Crippen LogP contribution < -0.4 is 0 Å². The average Bonchev–Trinajstić information content (AvgIpc) is 2.96. The molecule has 2 aromatic rings. The number of hydrogen-bond acceptors (Lipinski definition) is 4. The average molecular weight is 278 g/mol. The van der Waals surface area contributed by atoms with E-state index >= 15 is 0 Å². The fraction of sp³-hybridized carbons (Fsp3) is 0.154. The van der Waals surface area contributed by atoms with Crippen LogP contribution in [0.5, 0.6) is 0 Å². The molecule has 0 bridgehead atoms. The summed E-state index contributed by atoms with van der Waals surface area (Å²) in [7, 11) is 0. The van der Waals surface area contributed by atoms with Crippen LogP contribution in [0.1, 0.15) is 22.8 Å². The summed E-state index contributed by atoms with van der Waals surface area (Å²) in [5.41, 5.74) is 0. The van der Waals surface area contributed by atoms with Gasteiger partial charge >= 0.3 is 5.97 Å². The molecule has 3 nitrogen and oxygen atoms in total. The second kappa shape index (κ2) is 5.36. The fourth-order valence-corrected chi connectivity index (χ4v) is 3.40. The number of thiophene rings is 2. The van der Waals surface area contributed by atoms with Gasteiger partial charge in [-0.1, -0.05) is 5.92 Å². The molecule has 0 fully saturated rings. The van der Waals surface area contributed by atoms with Crippen LogP contribution in [0.4, 0.5) is 0 Å². The highest BCUT2D eigenvalue weighted by Crippen LogP contribution is 2.35. The number of aliphatic hydroxyl groups is 1. The van der Waals surface area contributed by atoms with Gasteiger partial charge in [0.25, 0.3) is 0 Å². The monoisotopic (exact) mass is 278 g/mol. The molecule has 5 heteroatoms. The molecule has 0 spiro atoms. The van der Waals surface area contributed by atoms with Crippen molar-refractivity contribution >= 4 is 28.6 Å². The highest BCUT2D eigenvalue weighted by Gasteiger charge is 2.18. The van der Waals surface area contributed by atoms with Gasteiger partial charge in [0.2, 0.25) is 0 Å². The molecule has 1 unspecified atom stereocenters. The Bertz CT molecular complexity index is 628. The first-order valence-electron chi connectivity index (χ1n) is 5.15. The number of aliphatic hydroxyl groups excluding tert-OH is 1. The molecule has 2 N–H and O–H groups in total. The van der Waals surface area contributed by atoms with Gasteiger partial charge in [0.05, 0.1) is 4.88 Å². The van der Waals surface area contributed by atoms with E-state index in [0.717, 1.165) is 14.6 Å². The SMILES string of the molecule is CC#Cc1ccc(-c2ccc(C(O)C(=O)O)s2)s1. The van der Waals surface area contributed by atoms with Crippen LogP contribution >= 0.6 is 22.7 Å². The molecule has 1 atom stereocenters. The van der Waals surface area contributed by atoms with Crippen LogP contribution in [-0.2, 0) is 4.79 Å². The van der Waals surface area contributed by atoms with Crippen molar-refractivity contribution in [2.75, 3.05) is 0 Å². The summed E-state index contributed by atoms with van der Waals surface area (Å²) in [5, 5.41) is 18.2. The predicted molar refractivity (Wildman–Crippen MR) is 72.8 cm³/mol. The van der Waals surface area contributed by atoms with Crippen molar-refractivity contribution in [1.82, 2.24) is 0 Å². The third-order valence-electron chi connectivity index (χ3n) is 2.23. The van der Waals surface area contributed by atoms with E-state index in [4.69, 9.17) is 5.11 Å². The smallest absolute Gasteiger partial charge is 0.338 e. The van der Waals surface area contributed by atoms with Gasteiger partial charge in [-0.15, -0.1) is 28.6 Å². The Kier molecular flexibility index (Phi) is 3.82. The predicted octanol–water partition coefficient (Wildman–Crippen LogP) is 2.97. The first-order valence-corrected chi connectivity index (χ1v) is 6.78. The Morgan fingerprint density at radius 3 is 2.56 bits per heavy atom. The van der Waals surface area contributed by atoms with Crippen LogP contribution in [0.25, 0.3) is 9.75 Å². The van der Waals surface area contributed by atoms with Gasteiger partial charge in [0.1, 0.15) is 0 Å². The van der Waals surface area contributed by atoms with Crippen LogP contribution in [0.3, 0.4) is 0 Å². The van der Waals surface area contributed by atoms with Crippen LogP contribution in [-0.4, -0.2) is 16.2 Å². The molecule has 2 rings (SSSR count). The van der Waals surface area contributed by atoms with E-state index in [1.165, 1.54) is 11.3 Å². The van der Waals surface area contributed by atoms with Gasteiger partial charge in [-0.3, -0.25) is 0 Å². The maximum absolute atomic E-state index is 10.7. The summed E-state index contributed by atoms with van der Waals surface area (Å²) in [6.07, 6.45) is -1.45. The third kappa shape index (κ3) is 2.62. The summed E-state index contributed by atoms with van der Waals surface area (Å²) in [5.74, 6) is 4.58. The van der Waals surface area contributed by atoms with Gasteiger partial charge in [-0.05, 0) is 31.2 Å². The summed E-state index contributed by atoms with van der Waals surface area (Å²) in [6, 6.07) is 7.35. The van der Waals surface area contributed by atoms with Gasteiger partial charge in [0, 0.05) is 14.6 Å². The van der Waals surface area contributed by atoms with Crippen LogP contribution in [0.2, 0.25) is 0 Å². The summed E-state index contributed by atoms with van der Waals surface area (Å²) < 4.78 is 0. The normalized spacial score (nSPS) is 11.7. The molecule has 0 aliphatic carbocycles. The van der Waals surface area contributed by atoms with E-state index in [0.29, 0.717) is 4.88 Å². The molecule has 0 amide bonds. The maximum atomic E-state index is 10.7. The van der Waals surface area contributed by atoms with Crippen molar-refractivity contribution in [3.8, 4) is 21.6 Å². The molecule has 0 radical (unpaired) electrons. The van der Waals surface area contributed by atoms with Crippen molar-refractivity contribution < 1.29 is 15.0 Å². The second-order valence-electron chi connectivity index (χ2n) is 3.48. The molecule has 0 saturated heterocycles. The van der Waals surface area contributed by atoms with E-state index in [1.807, 2.05) is 18.2 Å². The van der Waals surface area contributed by atoms with E-state index in [1.54, 1.807) is 24.3 Å². The highest BCUT2D eigenvalue weighted by molar-refractivity contribution is 7.22. The zero-order valence-corrected chi connectivity index (χ0v) is 11.1. The van der Waals surface area contributed by atoms with Crippen molar-refractivity contribution in [1.29, 1.82) is 0 Å². The van der Waals surface area contributed by atoms with Gasteiger partial charge in [-0.2, -0.15) is 0 Å². The molecule has 2 aromatic heterocycles. The quantitative estimate of drug-likeness (QED) is 0.849. The van der Waals surface area contributed by atoms with Gasteiger partial charge in [0.15, 0.2) is 6.10 Å². The minimum atomic E-state index is -1.45. The summed E-state index contributed by atoms with van der Waals surface area (Å²) in [6.45, 7) is 1.78. The van der Waals surface area contributed by atoms with Crippen molar-refractivity contribution in [2.45, 2.75) is 13.0 Å². The molecular formula is C13H10O3S2. The lowest BCUT2D eigenvalue weighted by molar-refractivity contribution is -0.146. The van der Waals surface area contributed by atoms with E-state index < -0.39 is 12.1 Å². The third-order valence-corrected chi connectivity index (χ3v) is 4.56. The lowest BCUT2D eigenvalue weighted by Gasteiger charge is -1.99. The largest absolute Gasteiger partial charge is 0.479 e. The number of hydrogen-bond donors (Lipinski definition) is 2. The van der Waals surface area contributed by atoms with Crippen LogP contribution in [0, 0.1) is 11.8 Å². The number of carboxylic acid groups (broad SMARTS) is 1. The Labute approximate surface area is 112 Å². The molecule has 0 saturated carbocycles. The Morgan fingerprint density at radius 2 is 1.89 bits per heavy atom. The topological polar surface area (TPSA) is 57.5 Å². The van der Waals surface area contributed by atoms with Gasteiger partial charge < -0.3 is 10.2 Å². The van der Waals surface area contributed by atoms with Crippen molar-refractivity contribution in [3.05, 3.63) is 34.0 Å². The van der Waals surface area contributed by atoms with Crippen molar-refractivity contribution in [3.63, 3.8) is 0 Å². The first-order chi connectivity index (χ1) is 8.61. The lowest BCUT2D eigenvalue weighted by Crippen LogP contribution is -2.08. The number of carboxylic acids is 1. The number of aliphatic carboxylic acids is 1. The maximum Gasteiger partial charge on any atom is 0.338 e. The molecule has 92 valence electrons. The Hall–Kier alpha value is -1.61. The van der Waals surface area contributed by atoms with Crippen molar-refractivity contribution in [2.24, 2.45) is 0 Å². The van der Waals surface area contributed by atoms with Gasteiger partial charge in [-0.25, -0.2) is 4.79 Å². The Morgan fingerprint density at radius 1 is 1.22 bits per heavy atom. The lowest BCUT2D eigenvalue weighted by atomic mass is 10.3. The van der Waals surface area contributed by atoms with E-state index in [2.05, 4.69) is 11.8 Å². The van der Waals surface area contributed by atoms with Crippen LogP contribution in [0.15, 0.2) is 24.3 Å². The molecule has 0 aliphatic rings. The first kappa shape index (κ1) is 12.8. The highest BCUT2D eigenvalue weighted by atomic mass is 32.1. The fourth-order valence-electron chi connectivity index (χ4n) is 1.41. The standard InChI is InChI=1S/C13H10O3S2/c1-2-3-8-4-5-9(17-8)10-6-7-11(18-10)12(14)13(15)16/h4-7,12,14H,1H3,(H,15,16). The zero-order chi connectivity index (χ0) is 13.1. The molecule has 18 heavy (non-hydrogen) atoms. The zero-order valence-electron chi connectivity index (χ0n) is 9.51.